The number of hydrogen-bond donors (Lipinski definition) is 2. The normalized spacial score (nSPS) is 26.2. The lowest BCUT2D eigenvalue weighted by atomic mass is 9.99. The Morgan fingerprint density at radius 1 is 1.30 bits per heavy atom. The van der Waals surface area contributed by atoms with Gasteiger partial charge in [-0.2, -0.15) is 0 Å². The van der Waals surface area contributed by atoms with Crippen molar-refractivity contribution >= 4 is 23.2 Å². The molecule has 20 heavy (non-hydrogen) atoms. The number of carbonyl (C=O) groups is 1. The van der Waals surface area contributed by atoms with Crippen molar-refractivity contribution in [1.29, 1.82) is 0 Å². The number of nitrogen functional groups attached to an aromatic ring is 1. The minimum Gasteiger partial charge on any atom is -0.398 e. The molecule has 108 valence electrons. The van der Waals surface area contributed by atoms with Crippen molar-refractivity contribution in [1.82, 2.24) is 10.2 Å². The Bertz CT molecular complexity index is 520. The van der Waals surface area contributed by atoms with Gasteiger partial charge in [0, 0.05) is 24.2 Å². The second kappa shape index (κ2) is 5.62. The summed E-state index contributed by atoms with van der Waals surface area (Å²) in [5.74, 6) is -0.0516. The first-order valence-electron chi connectivity index (χ1n) is 7.25. The fourth-order valence-corrected chi connectivity index (χ4v) is 3.52. The van der Waals surface area contributed by atoms with Crippen molar-refractivity contribution in [3.63, 3.8) is 0 Å². The number of amides is 1. The molecule has 3 N–H and O–H groups in total. The summed E-state index contributed by atoms with van der Waals surface area (Å²) in [6, 6.07) is 5.82. The number of nitrogens with two attached hydrogens (primary N) is 1. The van der Waals surface area contributed by atoms with E-state index in [1.54, 1.807) is 18.2 Å². The number of halogens is 1. The second-order valence-electron chi connectivity index (χ2n) is 5.70. The molecule has 1 aromatic carbocycles. The van der Waals surface area contributed by atoms with E-state index in [0.717, 1.165) is 13.0 Å². The van der Waals surface area contributed by atoms with E-state index >= 15 is 0 Å². The maximum Gasteiger partial charge on any atom is 0.251 e. The molecule has 1 amide bonds. The number of piperidine rings is 1. The molecule has 2 unspecified atom stereocenters. The molecular weight excluding hydrogens is 274 g/mol. The Balaban J connectivity index is 1.68. The molecule has 1 aromatic rings. The second-order valence-corrected chi connectivity index (χ2v) is 6.11. The largest absolute Gasteiger partial charge is 0.398 e. The number of anilines is 1. The molecule has 2 atom stereocenters. The third kappa shape index (κ3) is 2.63. The molecule has 2 aliphatic rings. The van der Waals surface area contributed by atoms with Gasteiger partial charge in [-0.15, -0.1) is 0 Å². The number of nitrogens with one attached hydrogen (secondary N) is 1. The zero-order chi connectivity index (χ0) is 14.1. The highest BCUT2D eigenvalue weighted by Gasteiger charge is 2.36. The molecular formula is C15H20ClN3O. The van der Waals surface area contributed by atoms with Crippen molar-refractivity contribution in [3.05, 3.63) is 28.8 Å². The summed E-state index contributed by atoms with van der Waals surface area (Å²) in [4.78, 5) is 14.8. The van der Waals surface area contributed by atoms with Crippen LogP contribution in [0.5, 0.6) is 0 Å². The zero-order valence-corrected chi connectivity index (χ0v) is 12.2. The van der Waals surface area contributed by atoms with Gasteiger partial charge in [-0.3, -0.25) is 9.69 Å². The van der Waals surface area contributed by atoms with E-state index in [1.807, 2.05) is 0 Å². The van der Waals surface area contributed by atoms with Gasteiger partial charge in [-0.1, -0.05) is 18.0 Å². The lowest BCUT2D eigenvalue weighted by Gasteiger charge is -2.32. The van der Waals surface area contributed by atoms with Gasteiger partial charge in [-0.05, 0) is 44.0 Å². The minimum atomic E-state index is -0.0516. The predicted molar refractivity (Wildman–Crippen MR) is 80.9 cm³/mol. The SMILES string of the molecule is Nc1ccc(C(=O)NC2CCN3CCCCC23)cc1Cl. The van der Waals surface area contributed by atoms with Gasteiger partial charge >= 0.3 is 0 Å². The van der Waals surface area contributed by atoms with Crippen molar-refractivity contribution in [2.45, 2.75) is 37.8 Å². The molecule has 0 saturated carbocycles. The van der Waals surface area contributed by atoms with Crippen molar-refractivity contribution in [3.8, 4) is 0 Å². The van der Waals surface area contributed by atoms with Gasteiger partial charge in [0.1, 0.15) is 0 Å². The smallest absolute Gasteiger partial charge is 0.251 e. The van der Waals surface area contributed by atoms with Crippen LogP contribution < -0.4 is 11.1 Å². The molecule has 2 aliphatic heterocycles. The Hall–Kier alpha value is -1.26. The summed E-state index contributed by atoms with van der Waals surface area (Å²) in [5.41, 5.74) is 6.75. The van der Waals surface area contributed by atoms with Gasteiger partial charge in [-0.25, -0.2) is 0 Å². The van der Waals surface area contributed by atoms with Crippen LogP contribution in [-0.4, -0.2) is 36.0 Å². The molecule has 0 aromatic heterocycles. The van der Waals surface area contributed by atoms with Gasteiger partial charge < -0.3 is 11.1 Å². The standard InChI is InChI=1S/C15H20ClN3O/c16-11-9-10(4-5-12(11)17)15(20)18-13-6-8-19-7-2-1-3-14(13)19/h4-5,9,13-14H,1-3,6-8,17H2,(H,18,20). The van der Waals surface area contributed by atoms with Crippen molar-refractivity contribution < 1.29 is 4.79 Å². The van der Waals surface area contributed by atoms with Crippen LogP contribution in [0.15, 0.2) is 18.2 Å². The van der Waals surface area contributed by atoms with Crippen LogP contribution in [-0.2, 0) is 0 Å². The van der Waals surface area contributed by atoms with E-state index in [2.05, 4.69) is 10.2 Å². The summed E-state index contributed by atoms with van der Waals surface area (Å²) in [5, 5.41) is 3.59. The van der Waals surface area contributed by atoms with E-state index in [4.69, 9.17) is 17.3 Å². The molecule has 5 heteroatoms. The molecule has 0 bridgehead atoms. The Kier molecular flexibility index (Phi) is 3.85. The van der Waals surface area contributed by atoms with Gasteiger partial charge in [0.05, 0.1) is 10.7 Å². The highest BCUT2D eigenvalue weighted by Crippen LogP contribution is 2.27. The maximum atomic E-state index is 12.3. The zero-order valence-electron chi connectivity index (χ0n) is 11.4. The molecule has 3 rings (SSSR count). The van der Waals surface area contributed by atoms with Crippen molar-refractivity contribution in [2.24, 2.45) is 0 Å². The van der Waals surface area contributed by atoms with Crippen LogP contribution in [0.3, 0.4) is 0 Å². The van der Waals surface area contributed by atoms with Crippen LogP contribution >= 0.6 is 11.6 Å². The van der Waals surface area contributed by atoms with Crippen LogP contribution in [0.25, 0.3) is 0 Å². The Morgan fingerprint density at radius 3 is 2.95 bits per heavy atom. The van der Waals surface area contributed by atoms with Crippen LogP contribution in [0.4, 0.5) is 5.69 Å². The molecule has 2 saturated heterocycles. The van der Waals surface area contributed by atoms with E-state index in [0.29, 0.717) is 22.3 Å². The van der Waals surface area contributed by atoms with Gasteiger partial charge in [0.25, 0.3) is 5.91 Å². The lowest BCUT2D eigenvalue weighted by Crippen LogP contribution is -2.46. The lowest BCUT2D eigenvalue weighted by molar-refractivity contribution is 0.0915. The van der Waals surface area contributed by atoms with E-state index in [-0.39, 0.29) is 11.9 Å². The first-order chi connectivity index (χ1) is 9.65. The van der Waals surface area contributed by atoms with E-state index in [9.17, 15) is 4.79 Å². The topological polar surface area (TPSA) is 58.4 Å². The third-order valence-electron chi connectivity index (χ3n) is 4.44. The average Bonchev–Trinajstić information content (AvgIpc) is 2.85. The summed E-state index contributed by atoms with van der Waals surface area (Å²) in [7, 11) is 0. The average molecular weight is 294 g/mol. The van der Waals surface area contributed by atoms with E-state index < -0.39 is 0 Å². The summed E-state index contributed by atoms with van der Waals surface area (Å²) in [6.45, 7) is 2.27. The molecule has 2 fully saturated rings. The van der Waals surface area contributed by atoms with Gasteiger partial charge in [0.2, 0.25) is 0 Å². The maximum absolute atomic E-state index is 12.3. The quantitative estimate of drug-likeness (QED) is 0.823. The number of nitrogens with zero attached hydrogens (tertiary/aromatic N) is 1. The Labute approximate surface area is 124 Å². The molecule has 0 spiro atoms. The first kappa shape index (κ1) is 13.7. The third-order valence-corrected chi connectivity index (χ3v) is 4.76. The molecule has 0 radical (unpaired) electrons. The van der Waals surface area contributed by atoms with Crippen LogP contribution in [0.1, 0.15) is 36.0 Å². The summed E-state index contributed by atoms with van der Waals surface area (Å²) >= 11 is 5.97. The monoisotopic (exact) mass is 293 g/mol. The molecule has 0 aliphatic carbocycles. The van der Waals surface area contributed by atoms with Crippen LogP contribution in [0.2, 0.25) is 5.02 Å². The van der Waals surface area contributed by atoms with E-state index in [1.165, 1.54) is 25.8 Å². The number of fused-ring (bicyclic) bond motifs is 1. The highest BCUT2D eigenvalue weighted by atomic mass is 35.5. The molecule has 2 heterocycles. The van der Waals surface area contributed by atoms with Gasteiger partial charge in [0.15, 0.2) is 0 Å². The Morgan fingerprint density at radius 2 is 2.15 bits per heavy atom. The number of rotatable bonds is 2. The highest BCUT2D eigenvalue weighted by molar-refractivity contribution is 6.33. The van der Waals surface area contributed by atoms with Crippen LogP contribution in [0, 0.1) is 0 Å². The number of carbonyl (C=O) groups excluding carboxylic acids is 1. The first-order valence-corrected chi connectivity index (χ1v) is 7.63. The minimum absolute atomic E-state index is 0.0516. The van der Waals surface area contributed by atoms with Crippen molar-refractivity contribution in [2.75, 3.05) is 18.8 Å². The predicted octanol–water partition coefficient (Wildman–Crippen LogP) is 2.28. The fourth-order valence-electron chi connectivity index (χ4n) is 3.34. The molecule has 4 nitrogen and oxygen atoms in total. The number of hydrogen-bond acceptors (Lipinski definition) is 3. The summed E-state index contributed by atoms with van der Waals surface area (Å²) < 4.78 is 0. The summed E-state index contributed by atoms with van der Waals surface area (Å²) in [6.07, 6.45) is 4.78. The fraction of sp³-hybridized carbons (Fsp3) is 0.533. The number of benzene rings is 1.